The molecule has 0 amide bonds. The van der Waals surface area contributed by atoms with Crippen molar-refractivity contribution in [2.75, 3.05) is 0 Å². The maximum Gasteiger partial charge on any atom is 0.153 e. The smallest absolute Gasteiger partial charge is 0.153 e. The Kier molecular flexibility index (Phi) is 4.74. The van der Waals surface area contributed by atoms with Crippen molar-refractivity contribution < 1.29 is 4.74 Å². The normalized spacial score (nSPS) is 11.8. The van der Waals surface area contributed by atoms with Gasteiger partial charge in [-0.05, 0) is 75.8 Å². The minimum atomic E-state index is 0.853. The van der Waals surface area contributed by atoms with Gasteiger partial charge in [0.05, 0.1) is 11.2 Å². The number of imidazole rings is 1. The van der Waals surface area contributed by atoms with Crippen LogP contribution in [0.4, 0.5) is 0 Å². The summed E-state index contributed by atoms with van der Waals surface area (Å²) < 4.78 is 8.69. The molecule has 0 atom stereocenters. The van der Waals surface area contributed by atoms with Crippen molar-refractivity contribution in [3.8, 4) is 50.6 Å². The highest BCUT2D eigenvalue weighted by atomic mass is 16.5. The van der Waals surface area contributed by atoms with Gasteiger partial charge >= 0.3 is 0 Å². The number of rotatable bonds is 4. The van der Waals surface area contributed by atoms with Crippen molar-refractivity contribution in [2.45, 2.75) is 13.3 Å². The fourth-order valence-corrected chi connectivity index (χ4v) is 5.19. The van der Waals surface area contributed by atoms with Gasteiger partial charge in [0.1, 0.15) is 11.3 Å². The Morgan fingerprint density at radius 3 is 1.86 bits per heavy atom. The molecule has 0 saturated carbocycles. The van der Waals surface area contributed by atoms with E-state index in [1.807, 2.05) is 12.1 Å². The highest BCUT2D eigenvalue weighted by Gasteiger charge is 2.24. The lowest BCUT2D eigenvalue weighted by Gasteiger charge is -2.22. The number of ether oxygens (including phenoxy) is 1. The van der Waals surface area contributed by atoms with Crippen LogP contribution in [-0.2, 0) is 6.42 Å². The largest absolute Gasteiger partial charge is 0.453 e. The van der Waals surface area contributed by atoms with Crippen LogP contribution < -0.4 is 4.74 Å². The van der Waals surface area contributed by atoms with Crippen molar-refractivity contribution in [1.82, 2.24) is 9.55 Å². The molecule has 0 bridgehead atoms. The third-order valence-corrected chi connectivity index (χ3v) is 6.93. The summed E-state index contributed by atoms with van der Waals surface area (Å²) in [6.45, 7) is 2.15. The van der Waals surface area contributed by atoms with E-state index in [-0.39, 0.29) is 0 Å². The van der Waals surface area contributed by atoms with E-state index in [2.05, 4.69) is 115 Å². The van der Waals surface area contributed by atoms with Crippen LogP contribution in [0.25, 0.3) is 50.1 Å². The molecule has 3 nitrogen and oxygen atoms in total. The zero-order chi connectivity index (χ0) is 24.1. The molecule has 5 aromatic carbocycles. The molecule has 0 saturated heterocycles. The SMILES string of the molecule is CCc1nc2cccc3c2n1-c1ccc(-c2cc(-c4ccccc4)cc(-c4ccccc4)c2)cc1O3. The molecule has 0 fully saturated rings. The first-order valence-corrected chi connectivity index (χ1v) is 12.4. The Labute approximate surface area is 210 Å². The van der Waals surface area contributed by atoms with Gasteiger partial charge in [-0.25, -0.2) is 4.98 Å². The molecular weight excluding hydrogens is 440 g/mol. The molecule has 0 aliphatic carbocycles. The van der Waals surface area contributed by atoms with Crippen molar-refractivity contribution in [2.24, 2.45) is 0 Å². The van der Waals surface area contributed by atoms with Gasteiger partial charge in [-0.2, -0.15) is 0 Å². The Morgan fingerprint density at radius 1 is 0.583 bits per heavy atom. The minimum absolute atomic E-state index is 0.853. The Bertz CT molecular complexity index is 1680. The summed E-state index contributed by atoms with van der Waals surface area (Å²) in [7, 11) is 0. The highest BCUT2D eigenvalue weighted by Crippen LogP contribution is 2.43. The van der Waals surface area contributed by atoms with E-state index in [0.717, 1.165) is 51.6 Å². The molecule has 0 N–H and O–H groups in total. The van der Waals surface area contributed by atoms with Crippen molar-refractivity contribution in [3.63, 3.8) is 0 Å². The van der Waals surface area contributed by atoms with E-state index < -0.39 is 0 Å². The summed E-state index contributed by atoms with van der Waals surface area (Å²) in [5, 5.41) is 0. The van der Waals surface area contributed by atoms with Crippen molar-refractivity contribution in [3.05, 3.63) is 121 Å². The lowest BCUT2D eigenvalue weighted by molar-refractivity contribution is 0.474. The molecule has 1 aromatic heterocycles. The minimum Gasteiger partial charge on any atom is -0.453 e. The van der Waals surface area contributed by atoms with Crippen molar-refractivity contribution >= 4 is 11.0 Å². The lowest BCUT2D eigenvalue weighted by atomic mass is 9.93. The second-order valence-corrected chi connectivity index (χ2v) is 9.16. The van der Waals surface area contributed by atoms with Crippen LogP contribution in [0.1, 0.15) is 12.7 Å². The van der Waals surface area contributed by atoms with Gasteiger partial charge in [-0.3, -0.25) is 4.57 Å². The van der Waals surface area contributed by atoms with E-state index in [0.29, 0.717) is 0 Å². The van der Waals surface area contributed by atoms with Crippen molar-refractivity contribution in [1.29, 1.82) is 0 Å². The number of aryl methyl sites for hydroxylation is 1. The highest BCUT2D eigenvalue weighted by molar-refractivity contribution is 5.88. The number of nitrogens with zero attached hydrogens (tertiary/aromatic N) is 2. The fraction of sp³-hybridized carbons (Fsp3) is 0.0606. The van der Waals surface area contributed by atoms with Crippen LogP contribution in [0.2, 0.25) is 0 Å². The van der Waals surface area contributed by atoms with Crippen LogP contribution in [0.15, 0.2) is 115 Å². The monoisotopic (exact) mass is 464 g/mol. The fourth-order valence-electron chi connectivity index (χ4n) is 5.19. The summed E-state index contributed by atoms with van der Waals surface area (Å²) in [5.74, 6) is 2.76. The molecule has 7 rings (SSSR count). The Hall–Kier alpha value is -4.63. The molecule has 172 valence electrons. The number of fused-ring (bicyclic) bond motifs is 2. The molecule has 0 spiro atoms. The average molecular weight is 465 g/mol. The van der Waals surface area contributed by atoms with Gasteiger partial charge in [0.25, 0.3) is 0 Å². The van der Waals surface area contributed by atoms with Gasteiger partial charge < -0.3 is 4.74 Å². The van der Waals surface area contributed by atoms with Crippen LogP contribution in [0, 0.1) is 0 Å². The summed E-state index contributed by atoms with van der Waals surface area (Å²) in [6.07, 6.45) is 0.856. The average Bonchev–Trinajstić information content (AvgIpc) is 3.34. The predicted molar refractivity (Wildman–Crippen MR) is 147 cm³/mol. The maximum absolute atomic E-state index is 6.44. The summed E-state index contributed by atoms with van der Waals surface area (Å²) in [5.41, 5.74) is 10.1. The summed E-state index contributed by atoms with van der Waals surface area (Å²) in [4.78, 5) is 4.86. The number of hydrogen-bond acceptors (Lipinski definition) is 2. The van der Waals surface area contributed by atoms with E-state index >= 15 is 0 Å². The summed E-state index contributed by atoms with van der Waals surface area (Å²) in [6, 6.07) is 40.6. The third kappa shape index (κ3) is 3.32. The number of benzene rings is 5. The van der Waals surface area contributed by atoms with Crippen LogP contribution >= 0.6 is 0 Å². The maximum atomic E-state index is 6.44. The first-order valence-electron chi connectivity index (χ1n) is 12.4. The molecular formula is C33H24N2O. The second kappa shape index (κ2) is 8.24. The van der Waals surface area contributed by atoms with Crippen LogP contribution in [-0.4, -0.2) is 9.55 Å². The first-order chi connectivity index (χ1) is 17.8. The molecule has 6 aromatic rings. The molecule has 2 heterocycles. The Balaban J connectivity index is 1.41. The van der Waals surface area contributed by atoms with E-state index in [4.69, 9.17) is 9.72 Å². The van der Waals surface area contributed by atoms with E-state index in [9.17, 15) is 0 Å². The van der Waals surface area contributed by atoms with Crippen LogP contribution in [0.5, 0.6) is 11.5 Å². The lowest BCUT2D eigenvalue weighted by Crippen LogP contribution is -2.07. The number of para-hydroxylation sites is 1. The third-order valence-electron chi connectivity index (χ3n) is 6.93. The molecule has 3 heteroatoms. The van der Waals surface area contributed by atoms with Gasteiger partial charge in [-0.15, -0.1) is 0 Å². The van der Waals surface area contributed by atoms with Crippen LogP contribution in [0.3, 0.4) is 0 Å². The number of hydrogen-bond donors (Lipinski definition) is 0. The molecule has 1 aliphatic heterocycles. The molecule has 0 unspecified atom stereocenters. The van der Waals surface area contributed by atoms with Gasteiger partial charge in [0.15, 0.2) is 11.5 Å². The molecule has 36 heavy (non-hydrogen) atoms. The van der Waals surface area contributed by atoms with Gasteiger partial charge in [0.2, 0.25) is 0 Å². The molecule has 0 radical (unpaired) electrons. The standard InChI is InChI=1S/C33H24N2O/c1-2-32-34-28-14-9-15-30-33(28)35(32)29-17-16-24(21-31(29)36-30)27-19-25(22-10-5-3-6-11-22)18-26(20-27)23-12-7-4-8-13-23/h3-21H,2H2,1H3. The second-order valence-electron chi connectivity index (χ2n) is 9.16. The molecule has 1 aliphatic rings. The summed E-state index contributed by atoms with van der Waals surface area (Å²) >= 11 is 0. The zero-order valence-electron chi connectivity index (χ0n) is 20.0. The quantitative estimate of drug-likeness (QED) is 0.260. The van der Waals surface area contributed by atoms with Gasteiger partial charge in [-0.1, -0.05) is 79.7 Å². The van der Waals surface area contributed by atoms with Gasteiger partial charge in [0, 0.05) is 6.42 Å². The van der Waals surface area contributed by atoms with E-state index in [1.54, 1.807) is 0 Å². The Morgan fingerprint density at radius 2 is 1.22 bits per heavy atom. The predicted octanol–water partition coefficient (Wildman–Crippen LogP) is 8.69. The number of aromatic nitrogens is 2. The zero-order valence-corrected chi connectivity index (χ0v) is 20.0. The first kappa shape index (κ1) is 20.7. The van der Waals surface area contributed by atoms with E-state index in [1.165, 1.54) is 22.3 Å². The topological polar surface area (TPSA) is 27.1 Å².